The molecule has 0 bridgehead atoms. The minimum atomic E-state index is -0.210. The van der Waals surface area contributed by atoms with Gasteiger partial charge >= 0.3 is 0 Å². The van der Waals surface area contributed by atoms with Crippen LogP contribution in [0.5, 0.6) is 11.5 Å². The van der Waals surface area contributed by atoms with Gasteiger partial charge in [0.1, 0.15) is 24.0 Å². The van der Waals surface area contributed by atoms with Crippen molar-refractivity contribution in [3.63, 3.8) is 0 Å². The number of ether oxygens (including phenoxy) is 1. The first kappa shape index (κ1) is 43.8. The Hall–Kier alpha value is -7.11. The minimum Gasteiger partial charge on any atom is -0.457 e. The van der Waals surface area contributed by atoms with Crippen molar-refractivity contribution in [2.45, 2.75) is 90.9 Å². The molecule has 0 radical (unpaired) electrons. The summed E-state index contributed by atoms with van der Waals surface area (Å²) in [5.74, 6) is 2.47. The molecule has 0 amide bonds. The molecular formula is C62H62N4O. The normalized spacial score (nSPS) is 13.4. The van der Waals surface area contributed by atoms with Crippen LogP contribution in [0.15, 0.2) is 182 Å². The molecule has 9 aromatic rings. The van der Waals surface area contributed by atoms with Crippen LogP contribution in [0.3, 0.4) is 0 Å². The maximum Gasteiger partial charge on any atom is 0.137 e. The van der Waals surface area contributed by atoms with Crippen molar-refractivity contribution in [2.24, 2.45) is 0 Å². The van der Waals surface area contributed by atoms with Crippen molar-refractivity contribution >= 4 is 44.6 Å². The highest BCUT2D eigenvalue weighted by Gasteiger charge is 2.34. The smallest absolute Gasteiger partial charge is 0.137 e. The average Bonchev–Trinajstić information content (AvgIpc) is 3.87. The molecule has 0 fully saturated rings. The number of hydrogen-bond donors (Lipinski definition) is 0. The Morgan fingerprint density at radius 1 is 0.403 bits per heavy atom. The van der Waals surface area contributed by atoms with Crippen LogP contribution in [0.4, 0.5) is 22.7 Å². The molecule has 67 heavy (non-hydrogen) atoms. The lowest BCUT2D eigenvalue weighted by Crippen LogP contribution is -2.25. The Morgan fingerprint density at radius 2 is 1.00 bits per heavy atom. The number of anilines is 4. The number of nitrogens with zero attached hydrogens (tertiary/aromatic N) is 4. The van der Waals surface area contributed by atoms with Crippen LogP contribution in [0.25, 0.3) is 27.6 Å². The molecule has 2 aromatic heterocycles. The van der Waals surface area contributed by atoms with Crippen molar-refractivity contribution in [3.8, 4) is 17.3 Å². The Morgan fingerprint density at radius 3 is 1.69 bits per heavy atom. The van der Waals surface area contributed by atoms with Crippen molar-refractivity contribution in [3.05, 3.63) is 216 Å². The first-order valence-corrected chi connectivity index (χ1v) is 23.7. The van der Waals surface area contributed by atoms with E-state index in [0.29, 0.717) is 6.67 Å². The van der Waals surface area contributed by atoms with Crippen LogP contribution < -0.4 is 14.5 Å². The van der Waals surface area contributed by atoms with Crippen LogP contribution in [0.1, 0.15) is 103 Å². The van der Waals surface area contributed by atoms with E-state index in [9.17, 15) is 0 Å². The zero-order chi connectivity index (χ0) is 46.9. The first-order valence-electron chi connectivity index (χ1n) is 23.7. The Kier molecular flexibility index (Phi) is 10.7. The zero-order valence-corrected chi connectivity index (χ0v) is 40.7. The summed E-state index contributed by atoms with van der Waals surface area (Å²) in [4.78, 5) is 9.88. The monoisotopic (exact) mass is 878 g/mol. The summed E-state index contributed by atoms with van der Waals surface area (Å²) in [7, 11) is 0. The van der Waals surface area contributed by atoms with Gasteiger partial charge in [-0.05, 0) is 111 Å². The maximum absolute atomic E-state index is 7.02. The summed E-state index contributed by atoms with van der Waals surface area (Å²) in [5, 5.41) is 2.35. The molecule has 3 heterocycles. The number of benzene rings is 7. The van der Waals surface area contributed by atoms with Crippen molar-refractivity contribution in [2.75, 3.05) is 16.5 Å². The molecule has 0 unspecified atom stereocenters. The van der Waals surface area contributed by atoms with E-state index < -0.39 is 0 Å². The third kappa shape index (κ3) is 8.05. The molecule has 5 heteroatoms. The van der Waals surface area contributed by atoms with Crippen molar-refractivity contribution < 1.29 is 4.74 Å². The molecule has 336 valence electrons. The second kappa shape index (κ2) is 16.3. The van der Waals surface area contributed by atoms with Crippen molar-refractivity contribution in [1.82, 2.24) is 9.55 Å². The molecule has 1 aliphatic rings. The van der Waals surface area contributed by atoms with Gasteiger partial charge in [0.15, 0.2) is 0 Å². The van der Waals surface area contributed by atoms with Crippen molar-refractivity contribution in [1.29, 1.82) is 0 Å². The molecule has 0 N–H and O–H groups in total. The fourth-order valence-electron chi connectivity index (χ4n) is 9.83. The number of aromatic nitrogens is 2. The molecular weight excluding hydrogens is 817 g/mol. The SMILES string of the molecule is CC(C)(C)c1cc(Oc2ccc3c4ccccc4n(-c4cc(C(C)(C)C)ccn4)c3c2)cc(N2CN(c3cccc(C(C)(C)c4ccccc4)c3)c3cc(C(C)(C)c4ccccc4)ccc32)c1. The van der Waals surface area contributed by atoms with Gasteiger partial charge in [-0.25, -0.2) is 4.98 Å². The van der Waals surface area contributed by atoms with Gasteiger partial charge in [0.05, 0.1) is 22.4 Å². The van der Waals surface area contributed by atoms with Gasteiger partial charge < -0.3 is 14.5 Å². The maximum atomic E-state index is 7.02. The van der Waals surface area contributed by atoms with Gasteiger partial charge in [-0.3, -0.25) is 4.57 Å². The fraction of sp³-hybridized carbons (Fsp3) is 0.242. The summed E-state index contributed by atoms with van der Waals surface area (Å²) < 4.78 is 9.30. The van der Waals surface area contributed by atoms with Crippen LogP contribution in [0, 0.1) is 0 Å². The third-order valence-corrected chi connectivity index (χ3v) is 14.2. The van der Waals surface area contributed by atoms with E-state index in [2.05, 4.69) is 260 Å². The van der Waals surface area contributed by atoms with Crippen LogP contribution in [-0.2, 0) is 21.7 Å². The highest BCUT2D eigenvalue weighted by molar-refractivity contribution is 6.09. The van der Waals surface area contributed by atoms with E-state index in [-0.39, 0.29) is 21.7 Å². The highest BCUT2D eigenvalue weighted by atomic mass is 16.5. The van der Waals surface area contributed by atoms with E-state index in [1.165, 1.54) is 44.5 Å². The molecule has 0 atom stereocenters. The number of para-hydroxylation sites is 1. The Bertz CT molecular complexity index is 3280. The van der Waals surface area contributed by atoms with Gasteiger partial charge in [0.25, 0.3) is 0 Å². The van der Waals surface area contributed by atoms with Crippen LogP contribution in [-0.4, -0.2) is 16.2 Å². The van der Waals surface area contributed by atoms with E-state index in [0.717, 1.165) is 50.8 Å². The molecule has 10 rings (SSSR count). The van der Waals surface area contributed by atoms with Gasteiger partial charge in [0, 0.05) is 51.3 Å². The summed E-state index contributed by atoms with van der Waals surface area (Å²) in [6.07, 6.45) is 1.93. The summed E-state index contributed by atoms with van der Waals surface area (Å²) in [6, 6.07) is 64.1. The molecule has 0 saturated heterocycles. The minimum absolute atomic E-state index is 0.0161. The van der Waals surface area contributed by atoms with Gasteiger partial charge in [0.2, 0.25) is 0 Å². The molecule has 1 aliphatic heterocycles. The highest BCUT2D eigenvalue weighted by Crippen LogP contribution is 2.49. The number of fused-ring (bicyclic) bond motifs is 4. The lowest BCUT2D eigenvalue weighted by atomic mass is 9.77. The lowest BCUT2D eigenvalue weighted by molar-refractivity contribution is 0.479. The summed E-state index contributed by atoms with van der Waals surface area (Å²) >= 11 is 0. The first-order chi connectivity index (χ1) is 32.0. The van der Waals surface area contributed by atoms with E-state index in [1.54, 1.807) is 0 Å². The standard InChI is InChI=1S/C62H62N4O/c1-59(2,3)44-32-33-63-58(38-44)66-54-27-18-17-26-52(54)53-30-29-50(40-56(53)66)67-51-36-47(60(4,5)6)35-49(39-51)65-41-64(48-25-19-24-45(34-48)61(7,8)42-20-13-11-14-21-42)57-37-46(28-31-55(57)65)62(9,10)43-22-15-12-16-23-43/h11-40H,41H2,1-10H3. The second-order valence-electron chi connectivity index (χ2n) is 21.5. The van der Waals surface area contributed by atoms with Gasteiger partial charge in [-0.15, -0.1) is 0 Å². The number of pyridine rings is 1. The Labute approximate surface area is 397 Å². The fourth-order valence-corrected chi connectivity index (χ4v) is 9.83. The van der Waals surface area contributed by atoms with Crippen LogP contribution >= 0.6 is 0 Å². The predicted octanol–water partition coefficient (Wildman–Crippen LogP) is 16.5. The number of rotatable bonds is 9. The number of hydrogen-bond acceptors (Lipinski definition) is 4. The van der Waals surface area contributed by atoms with E-state index >= 15 is 0 Å². The predicted molar refractivity (Wildman–Crippen MR) is 282 cm³/mol. The molecule has 0 saturated carbocycles. The largest absolute Gasteiger partial charge is 0.457 e. The summed E-state index contributed by atoms with van der Waals surface area (Å²) in [6.45, 7) is 23.5. The lowest BCUT2D eigenvalue weighted by Gasteiger charge is -2.29. The van der Waals surface area contributed by atoms with Crippen LogP contribution in [0.2, 0.25) is 0 Å². The summed E-state index contributed by atoms with van der Waals surface area (Å²) in [5.41, 5.74) is 13.8. The van der Waals surface area contributed by atoms with Gasteiger partial charge in [-0.2, -0.15) is 0 Å². The van der Waals surface area contributed by atoms with E-state index in [1.807, 2.05) is 6.20 Å². The molecule has 0 aliphatic carbocycles. The van der Waals surface area contributed by atoms with Gasteiger partial charge in [-0.1, -0.05) is 166 Å². The zero-order valence-electron chi connectivity index (χ0n) is 40.7. The average molecular weight is 879 g/mol. The molecule has 0 spiro atoms. The molecule has 5 nitrogen and oxygen atoms in total. The topological polar surface area (TPSA) is 33.5 Å². The quantitative estimate of drug-likeness (QED) is 0.145. The van der Waals surface area contributed by atoms with E-state index in [4.69, 9.17) is 9.72 Å². The Balaban J connectivity index is 1.08. The molecule has 7 aromatic carbocycles. The third-order valence-electron chi connectivity index (χ3n) is 14.2. The second-order valence-corrected chi connectivity index (χ2v) is 21.5.